The largest absolute Gasteiger partial charge is 0.268 e. The Morgan fingerprint density at radius 1 is 1.38 bits per heavy atom. The summed E-state index contributed by atoms with van der Waals surface area (Å²) in [7, 11) is 0. The summed E-state index contributed by atoms with van der Waals surface area (Å²) in [6, 6.07) is 5.58. The Morgan fingerprint density at radius 2 is 1.92 bits per heavy atom. The molecule has 0 bridgehead atoms. The maximum Gasteiger partial charge on any atom is 0.264 e. The third kappa shape index (κ3) is 1.85. The summed E-state index contributed by atoms with van der Waals surface area (Å²) in [5.41, 5.74) is 2.35. The molecule has 0 atom stereocenters. The van der Waals surface area contributed by atoms with Gasteiger partial charge in [0.2, 0.25) is 0 Å². The zero-order valence-electron chi connectivity index (χ0n) is 7.59. The van der Waals surface area contributed by atoms with Gasteiger partial charge in [-0.1, -0.05) is 18.2 Å². The molecule has 13 heavy (non-hydrogen) atoms. The van der Waals surface area contributed by atoms with Crippen molar-refractivity contribution >= 4 is 5.91 Å². The number of carbonyl (C=O) groups is 1. The molecule has 1 amide bonds. The average Bonchev–Trinajstić information content (AvgIpc) is 2.04. The predicted molar refractivity (Wildman–Crippen MR) is 49.0 cm³/mol. The molecule has 0 spiro atoms. The fourth-order valence-electron chi connectivity index (χ4n) is 1.29. The Bertz CT molecular complexity index is 357. The van der Waals surface area contributed by atoms with Gasteiger partial charge in [0.25, 0.3) is 5.91 Å². The molecule has 3 heteroatoms. The van der Waals surface area contributed by atoms with Crippen molar-refractivity contribution in [2.45, 2.75) is 13.8 Å². The Morgan fingerprint density at radius 3 is 2.38 bits per heavy atom. The lowest BCUT2D eigenvalue weighted by Crippen LogP contribution is -2.19. The standard InChI is InChI=1S/C10H10N2O/c1-7-4-3-5-8(2)9(7)10(13)12-6-11/h3-5H,1-2H3,(H,12,13). The van der Waals surface area contributed by atoms with E-state index in [2.05, 4.69) is 5.32 Å². The summed E-state index contributed by atoms with van der Waals surface area (Å²) >= 11 is 0. The van der Waals surface area contributed by atoms with Gasteiger partial charge in [-0.3, -0.25) is 10.1 Å². The molecule has 0 aromatic heterocycles. The van der Waals surface area contributed by atoms with E-state index in [1.54, 1.807) is 6.19 Å². The third-order valence-corrected chi connectivity index (χ3v) is 1.88. The summed E-state index contributed by atoms with van der Waals surface area (Å²) in [5.74, 6) is -0.335. The number of rotatable bonds is 1. The van der Waals surface area contributed by atoms with Gasteiger partial charge in [0.05, 0.1) is 0 Å². The molecule has 0 saturated heterocycles. The van der Waals surface area contributed by atoms with Crippen molar-refractivity contribution in [2.75, 3.05) is 0 Å². The monoisotopic (exact) mass is 174 g/mol. The Kier molecular flexibility index (Phi) is 2.65. The summed E-state index contributed by atoms with van der Waals surface area (Å²) in [6.07, 6.45) is 1.62. The quantitative estimate of drug-likeness (QED) is 0.518. The lowest BCUT2D eigenvalue weighted by Gasteiger charge is -2.05. The molecule has 0 aliphatic rings. The fourth-order valence-corrected chi connectivity index (χ4v) is 1.29. The van der Waals surface area contributed by atoms with Crippen molar-refractivity contribution in [3.8, 4) is 6.19 Å². The van der Waals surface area contributed by atoms with Crippen LogP contribution in [0, 0.1) is 25.3 Å². The van der Waals surface area contributed by atoms with Crippen molar-refractivity contribution in [2.24, 2.45) is 0 Å². The van der Waals surface area contributed by atoms with E-state index in [1.807, 2.05) is 32.0 Å². The molecule has 0 aliphatic heterocycles. The topological polar surface area (TPSA) is 52.9 Å². The van der Waals surface area contributed by atoms with Crippen LogP contribution in [0.25, 0.3) is 0 Å². The van der Waals surface area contributed by atoms with E-state index in [-0.39, 0.29) is 5.91 Å². The molecule has 0 radical (unpaired) electrons. The second-order valence-electron chi connectivity index (χ2n) is 2.83. The number of aryl methyl sites for hydroxylation is 2. The van der Waals surface area contributed by atoms with E-state index in [9.17, 15) is 4.79 Å². The van der Waals surface area contributed by atoms with E-state index in [4.69, 9.17) is 5.26 Å². The molecule has 1 aromatic rings. The Labute approximate surface area is 77.0 Å². The number of hydrogen-bond acceptors (Lipinski definition) is 2. The van der Waals surface area contributed by atoms with Crippen LogP contribution in [0.5, 0.6) is 0 Å². The van der Waals surface area contributed by atoms with Crippen LogP contribution in [0.15, 0.2) is 18.2 Å². The highest BCUT2D eigenvalue weighted by atomic mass is 16.1. The van der Waals surface area contributed by atoms with Crippen molar-refractivity contribution < 1.29 is 4.79 Å². The van der Waals surface area contributed by atoms with E-state index in [1.165, 1.54) is 0 Å². The lowest BCUT2D eigenvalue weighted by atomic mass is 10.0. The zero-order chi connectivity index (χ0) is 9.84. The minimum atomic E-state index is -0.335. The normalized spacial score (nSPS) is 9.00. The molecule has 1 N–H and O–H groups in total. The molecular weight excluding hydrogens is 164 g/mol. The highest BCUT2D eigenvalue weighted by Gasteiger charge is 2.10. The highest BCUT2D eigenvalue weighted by Crippen LogP contribution is 2.12. The second kappa shape index (κ2) is 3.72. The molecule has 0 fully saturated rings. The fraction of sp³-hybridized carbons (Fsp3) is 0.200. The van der Waals surface area contributed by atoms with Crippen LogP contribution in [0.4, 0.5) is 0 Å². The van der Waals surface area contributed by atoms with Gasteiger partial charge in [-0.2, -0.15) is 5.26 Å². The maximum atomic E-state index is 11.4. The van der Waals surface area contributed by atoms with E-state index >= 15 is 0 Å². The molecule has 0 saturated carbocycles. The average molecular weight is 174 g/mol. The van der Waals surface area contributed by atoms with Crippen molar-refractivity contribution in [1.29, 1.82) is 5.26 Å². The first-order valence-corrected chi connectivity index (χ1v) is 3.92. The first-order chi connectivity index (χ1) is 6.16. The number of carbonyl (C=O) groups excluding carboxylic acids is 1. The van der Waals surface area contributed by atoms with Gasteiger partial charge < -0.3 is 0 Å². The van der Waals surface area contributed by atoms with Crippen LogP contribution >= 0.6 is 0 Å². The second-order valence-corrected chi connectivity index (χ2v) is 2.83. The molecule has 0 unspecified atom stereocenters. The lowest BCUT2D eigenvalue weighted by molar-refractivity contribution is 0.0971. The number of hydrogen-bond donors (Lipinski definition) is 1. The first kappa shape index (κ1) is 9.27. The molecule has 1 rings (SSSR count). The number of nitrogens with zero attached hydrogens (tertiary/aromatic N) is 1. The van der Waals surface area contributed by atoms with Crippen LogP contribution < -0.4 is 5.32 Å². The molecule has 3 nitrogen and oxygen atoms in total. The van der Waals surface area contributed by atoms with Crippen LogP contribution in [0.2, 0.25) is 0 Å². The van der Waals surface area contributed by atoms with Crippen molar-refractivity contribution in [1.82, 2.24) is 5.32 Å². The van der Waals surface area contributed by atoms with Crippen molar-refractivity contribution in [3.05, 3.63) is 34.9 Å². The smallest absolute Gasteiger partial charge is 0.264 e. The molecular formula is C10H10N2O. The molecule has 0 aliphatic carbocycles. The summed E-state index contributed by atoms with van der Waals surface area (Å²) < 4.78 is 0. The van der Waals surface area contributed by atoms with Gasteiger partial charge in [-0.25, -0.2) is 0 Å². The van der Waals surface area contributed by atoms with Gasteiger partial charge >= 0.3 is 0 Å². The third-order valence-electron chi connectivity index (χ3n) is 1.88. The number of nitriles is 1. The maximum absolute atomic E-state index is 11.4. The summed E-state index contributed by atoms with van der Waals surface area (Å²) in [4.78, 5) is 11.4. The van der Waals surface area contributed by atoms with Crippen LogP contribution in [0.3, 0.4) is 0 Å². The summed E-state index contributed by atoms with van der Waals surface area (Å²) in [6.45, 7) is 3.69. The molecule has 66 valence electrons. The van der Waals surface area contributed by atoms with E-state index in [0.29, 0.717) is 5.56 Å². The van der Waals surface area contributed by atoms with Crippen LogP contribution in [-0.2, 0) is 0 Å². The van der Waals surface area contributed by atoms with Crippen molar-refractivity contribution in [3.63, 3.8) is 0 Å². The minimum Gasteiger partial charge on any atom is -0.268 e. The van der Waals surface area contributed by atoms with E-state index in [0.717, 1.165) is 11.1 Å². The first-order valence-electron chi connectivity index (χ1n) is 3.92. The van der Waals surface area contributed by atoms with Gasteiger partial charge in [-0.15, -0.1) is 0 Å². The van der Waals surface area contributed by atoms with Crippen LogP contribution in [0.1, 0.15) is 21.5 Å². The predicted octanol–water partition coefficient (Wildman–Crippen LogP) is 1.51. The van der Waals surface area contributed by atoms with E-state index < -0.39 is 0 Å². The molecule has 0 heterocycles. The minimum absolute atomic E-state index is 0.335. The van der Waals surface area contributed by atoms with Gasteiger partial charge in [0, 0.05) is 5.56 Å². The number of nitrogens with one attached hydrogen (secondary N) is 1. The Balaban J connectivity index is 3.14. The summed E-state index contributed by atoms with van der Waals surface area (Å²) in [5, 5.41) is 10.4. The number of amides is 1. The van der Waals surface area contributed by atoms with Gasteiger partial charge in [-0.05, 0) is 25.0 Å². The Hall–Kier alpha value is -1.82. The highest BCUT2D eigenvalue weighted by molar-refractivity contribution is 5.97. The van der Waals surface area contributed by atoms with Crippen LogP contribution in [-0.4, -0.2) is 5.91 Å². The zero-order valence-corrected chi connectivity index (χ0v) is 7.59. The van der Waals surface area contributed by atoms with Gasteiger partial charge in [0.15, 0.2) is 6.19 Å². The number of benzene rings is 1. The SMILES string of the molecule is Cc1cccc(C)c1C(=O)NC#N. The molecule has 1 aromatic carbocycles. The van der Waals surface area contributed by atoms with Gasteiger partial charge in [0.1, 0.15) is 0 Å².